The maximum Gasteiger partial charge on any atom is 0.327 e. The highest BCUT2D eigenvalue weighted by Gasteiger charge is 2.15. The number of thioether (sulfide) groups is 1. The number of hydrogen-bond acceptors (Lipinski definition) is 4. The third-order valence-electron chi connectivity index (χ3n) is 2.01. The smallest absolute Gasteiger partial charge is 0.327 e. The van der Waals surface area contributed by atoms with E-state index in [-0.39, 0.29) is 0 Å². The van der Waals surface area contributed by atoms with Gasteiger partial charge in [-0.05, 0) is 23.4 Å². The molecule has 0 aliphatic carbocycles. The van der Waals surface area contributed by atoms with Gasteiger partial charge in [-0.1, -0.05) is 19.1 Å². The standard InChI is InChI=1S/C11H15NO2S/c1-3-15-9-6-4-8(5-7-9)10(12)11(13)14-2/h4-7,10H,3,12H2,1-2H3/t10-/m0/s1. The largest absolute Gasteiger partial charge is 0.468 e. The predicted molar refractivity (Wildman–Crippen MR) is 61.8 cm³/mol. The van der Waals surface area contributed by atoms with Crippen molar-refractivity contribution in [2.24, 2.45) is 5.73 Å². The second-order valence-corrected chi connectivity index (χ2v) is 4.34. The lowest BCUT2D eigenvalue weighted by molar-refractivity contribution is -0.142. The Kier molecular flexibility index (Phi) is 4.65. The lowest BCUT2D eigenvalue weighted by Crippen LogP contribution is -2.22. The summed E-state index contributed by atoms with van der Waals surface area (Å²) in [4.78, 5) is 12.3. The molecule has 4 heteroatoms. The molecule has 1 aromatic carbocycles. The maximum absolute atomic E-state index is 11.2. The van der Waals surface area contributed by atoms with Gasteiger partial charge >= 0.3 is 5.97 Å². The summed E-state index contributed by atoms with van der Waals surface area (Å²) in [6, 6.07) is 6.97. The topological polar surface area (TPSA) is 52.3 Å². The average molecular weight is 225 g/mol. The Labute approximate surface area is 94.0 Å². The van der Waals surface area contributed by atoms with E-state index in [0.29, 0.717) is 0 Å². The third-order valence-corrected chi connectivity index (χ3v) is 2.90. The van der Waals surface area contributed by atoms with Crippen LogP contribution in [0.4, 0.5) is 0 Å². The molecule has 0 saturated heterocycles. The molecule has 0 unspecified atom stereocenters. The van der Waals surface area contributed by atoms with Crippen LogP contribution in [0.1, 0.15) is 18.5 Å². The average Bonchev–Trinajstić information content (AvgIpc) is 2.28. The Balaban J connectivity index is 2.75. The first-order chi connectivity index (χ1) is 7.19. The number of rotatable bonds is 4. The molecule has 0 aromatic heterocycles. The minimum absolute atomic E-state index is 0.411. The number of ether oxygens (including phenoxy) is 1. The predicted octanol–water partition coefficient (Wildman–Crippen LogP) is 1.97. The molecule has 0 radical (unpaired) electrons. The van der Waals surface area contributed by atoms with Crippen molar-refractivity contribution in [2.45, 2.75) is 17.9 Å². The molecule has 0 fully saturated rings. The van der Waals surface area contributed by atoms with Crippen LogP contribution >= 0.6 is 11.8 Å². The quantitative estimate of drug-likeness (QED) is 0.628. The fourth-order valence-electron chi connectivity index (χ4n) is 1.20. The molecule has 15 heavy (non-hydrogen) atoms. The van der Waals surface area contributed by atoms with Crippen molar-refractivity contribution in [1.82, 2.24) is 0 Å². The van der Waals surface area contributed by atoms with Gasteiger partial charge < -0.3 is 10.5 Å². The molecule has 1 rings (SSSR count). The second kappa shape index (κ2) is 5.78. The van der Waals surface area contributed by atoms with E-state index in [4.69, 9.17) is 5.73 Å². The van der Waals surface area contributed by atoms with Gasteiger partial charge in [0.25, 0.3) is 0 Å². The summed E-state index contributed by atoms with van der Waals surface area (Å²) >= 11 is 1.75. The van der Waals surface area contributed by atoms with Gasteiger partial charge in [-0.3, -0.25) is 4.79 Å². The van der Waals surface area contributed by atoms with E-state index in [0.717, 1.165) is 11.3 Å². The molecule has 1 aromatic rings. The molecule has 0 aliphatic heterocycles. The van der Waals surface area contributed by atoms with E-state index in [1.54, 1.807) is 11.8 Å². The maximum atomic E-state index is 11.2. The van der Waals surface area contributed by atoms with Gasteiger partial charge in [-0.15, -0.1) is 11.8 Å². The zero-order valence-electron chi connectivity index (χ0n) is 8.90. The van der Waals surface area contributed by atoms with E-state index in [1.807, 2.05) is 24.3 Å². The highest BCUT2D eigenvalue weighted by molar-refractivity contribution is 7.99. The molecule has 82 valence electrons. The summed E-state index contributed by atoms with van der Waals surface area (Å²) < 4.78 is 4.57. The fourth-order valence-corrected chi connectivity index (χ4v) is 1.86. The van der Waals surface area contributed by atoms with Gasteiger partial charge in [0.15, 0.2) is 0 Å². The first-order valence-electron chi connectivity index (χ1n) is 4.75. The van der Waals surface area contributed by atoms with Crippen LogP contribution < -0.4 is 5.73 Å². The lowest BCUT2D eigenvalue weighted by atomic mass is 10.1. The van der Waals surface area contributed by atoms with Crippen LogP contribution in [-0.2, 0) is 9.53 Å². The van der Waals surface area contributed by atoms with Crippen LogP contribution in [0.5, 0.6) is 0 Å². The molecule has 3 nitrogen and oxygen atoms in total. The third kappa shape index (κ3) is 3.25. The first kappa shape index (κ1) is 12.1. The van der Waals surface area contributed by atoms with Crippen LogP contribution in [0.3, 0.4) is 0 Å². The van der Waals surface area contributed by atoms with Crippen LogP contribution in [0, 0.1) is 0 Å². The molecule has 1 atom stereocenters. The number of methoxy groups -OCH3 is 1. The normalized spacial score (nSPS) is 12.2. The Morgan fingerprint density at radius 1 is 1.47 bits per heavy atom. The Bertz CT molecular complexity index is 324. The van der Waals surface area contributed by atoms with Gasteiger partial charge in [0.05, 0.1) is 7.11 Å². The van der Waals surface area contributed by atoms with E-state index in [1.165, 1.54) is 12.0 Å². The van der Waals surface area contributed by atoms with Crippen molar-refractivity contribution in [3.8, 4) is 0 Å². The highest BCUT2D eigenvalue weighted by atomic mass is 32.2. The van der Waals surface area contributed by atoms with Crippen molar-refractivity contribution >= 4 is 17.7 Å². The highest BCUT2D eigenvalue weighted by Crippen LogP contribution is 2.20. The van der Waals surface area contributed by atoms with Crippen LogP contribution in [0.15, 0.2) is 29.2 Å². The molecule has 0 saturated carbocycles. The van der Waals surface area contributed by atoms with Gasteiger partial charge in [0.2, 0.25) is 0 Å². The molecular weight excluding hydrogens is 210 g/mol. The van der Waals surface area contributed by atoms with E-state index in [9.17, 15) is 4.79 Å². The lowest BCUT2D eigenvalue weighted by Gasteiger charge is -2.09. The second-order valence-electron chi connectivity index (χ2n) is 3.00. The number of hydrogen-bond donors (Lipinski definition) is 1. The zero-order chi connectivity index (χ0) is 11.3. The van der Waals surface area contributed by atoms with Crippen LogP contribution in [-0.4, -0.2) is 18.8 Å². The number of carbonyl (C=O) groups excluding carboxylic acids is 1. The fraction of sp³-hybridized carbons (Fsp3) is 0.364. The molecule has 2 N–H and O–H groups in total. The van der Waals surface area contributed by atoms with Crippen molar-refractivity contribution in [3.05, 3.63) is 29.8 Å². The van der Waals surface area contributed by atoms with Crippen LogP contribution in [0.2, 0.25) is 0 Å². The SMILES string of the molecule is CCSc1ccc([C@H](N)C(=O)OC)cc1. The summed E-state index contributed by atoms with van der Waals surface area (Å²) in [6.45, 7) is 2.10. The summed E-state index contributed by atoms with van der Waals surface area (Å²) in [5.41, 5.74) is 6.47. The van der Waals surface area contributed by atoms with Crippen molar-refractivity contribution < 1.29 is 9.53 Å². The Morgan fingerprint density at radius 2 is 2.07 bits per heavy atom. The zero-order valence-corrected chi connectivity index (χ0v) is 9.71. The van der Waals surface area contributed by atoms with Crippen LogP contribution in [0.25, 0.3) is 0 Å². The van der Waals surface area contributed by atoms with Gasteiger partial charge in [-0.25, -0.2) is 0 Å². The minimum atomic E-state index is -0.685. The van der Waals surface area contributed by atoms with Gasteiger partial charge in [0, 0.05) is 4.90 Å². The first-order valence-corrected chi connectivity index (χ1v) is 5.73. The van der Waals surface area contributed by atoms with Crippen molar-refractivity contribution in [2.75, 3.05) is 12.9 Å². The van der Waals surface area contributed by atoms with Crippen molar-refractivity contribution in [1.29, 1.82) is 0 Å². The molecule has 0 aliphatic rings. The summed E-state index contributed by atoms with van der Waals surface area (Å²) in [5, 5.41) is 0. The number of benzene rings is 1. The Hall–Kier alpha value is -1.00. The number of nitrogens with two attached hydrogens (primary N) is 1. The number of carbonyl (C=O) groups is 1. The molecular formula is C11H15NO2S. The number of esters is 1. The summed E-state index contributed by atoms with van der Waals surface area (Å²) in [7, 11) is 1.34. The summed E-state index contributed by atoms with van der Waals surface area (Å²) in [6.07, 6.45) is 0. The van der Waals surface area contributed by atoms with E-state index < -0.39 is 12.0 Å². The minimum Gasteiger partial charge on any atom is -0.468 e. The van der Waals surface area contributed by atoms with E-state index >= 15 is 0 Å². The molecule has 0 heterocycles. The monoisotopic (exact) mass is 225 g/mol. The van der Waals surface area contributed by atoms with E-state index in [2.05, 4.69) is 11.7 Å². The van der Waals surface area contributed by atoms with Crippen molar-refractivity contribution in [3.63, 3.8) is 0 Å². The molecule has 0 spiro atoms. The molecule has 0 amide bonds. The molecule has 0 bridgehead atoms. The van der Waals surface area contributed by atoms with Gasteiger partial charge in [0.1, 0.15) is 6.04 Å². The summed E-state index contributed by atoms with van der Waals surface area (Å²) in [5.74, 6) is 0.619. The Morgan fingerprint density at radius 3 is 2.53 bits per heavy atom. The van der Waals surface area contributed by atoms with Gasteiger partial charge in [-0.2, -0.15) is 0 Å².